The third-order valence-corrected chi connectivity index (χ3v) is 5.62. The molecule has 2 aromatic rings. The van der Waals surface area contributed by atoms with Crippen molar-refractivity contribution in [2.45, 2.75) is 51.4 Å². The minimum Gasteiger partial charge on any atom is -0.332 e. The van der Waals surface area contributed by atoms with E-state index in [1.807, 2.05) is 29.5 Å². The minimum absolute atomic E-state index is 0.192. The van der Waals surface area contributed by atoms with Crippen LogP contribution in [0.1, 0.15) is 51.1 Å². The molecule has 0 bridgehead atoms. The van der Waals surface area contributed by atoms with E-state index in [1.54, 1.807) is 0 Å². The van der Waals surface area contributed by atoms with Crippen LogP contribution in [0.5, 0.6) is 0 Å². The molecule has 0 radical (unpaired) electrons. The van der Waals surface area contributed by atoms with Crippen molar-refractivity contribution in [3.63, 3.8) is 0 Å². The van der Waals surface area contributed by atoms with E-state index in [9.17, 15) is 0 Å². The Morgan fingerprint density at radius 3 is 2.30 bits per heavy atom. The van der Waals surface area contributed by atoms with Crippen LogP contribution < -0.4 is 5.32 Å². The molecule has 3 heteroatoms. The fraction of sp³-hybridized carbons (Fsp3) is 0.471. The van der Waals surface area contributed by atoms with Crippen LogP contribution in [-0.2, 0) is 10.8 Å². The van der Waals surface area contributed by atoms with Gasteiger partial charge in [0.05, 0.1) is 5.69 Å². The highest BCUT2D eigenvalue weighted by atomic mass is 32.1. The lowest BCUT2D eigenvalue weighted by Gasteiger charge is -2.37. The maximum Gasteiger partial charge on any atom is 0.187 e. The molecule has 1 aromatic carbocycles. The summed E-state index contributed by atoms with van der Waals surface area (Å²) >= 11 is 1.82. The number of nitrogens with one attached hydrogen (secondary N) is 1. The van der Waals surface area contributed by atoms with Gasteiger partial charge in [0.1, 0.15) is 0 Å². The molecule has 0 fully saturated rings. The van der Waals surface area contributed by atoms with Crippen molar-refractivity contribution in [1.82, 2.24) is 4.98 Å². The first-order valence-corrected chi connectivity index (χ1v) is 8.04. The van der Waals surface area contributed by atoms with Crippen molar-refractivity contribution < 1.29 is 0 Å². The number of anilines is 2. The van der Waals surface area contributed by atoms with E-state index in [-0.39, 0.29) is 10.8 Å². The molecule has 0 amide bonds. The third kappa shape index (κ3) is 2.35. The van der Waals surface area contributed by atoms with Crippen LogP contribution in [0.3, 0.4) is 0 Å². The molecule has 0 saturated heterocycles. The Bertz CT molecular complexity index is 578. The Kier molecular flexibility index (Phi) is 3.13. The van der Waals surface area contributed by atoms with Gasteiger partial charge in [-0.1, -0.05) is 45.9 Å². The van der Waals surface area contributed by atoms with Crippen molar-refractivity contribution in [1.29, 1.82) is 0 Å². The number of thiazole rings is 1. The summed E-state index contributed by atoms with van der Waals surface area (Å²) in [5.74, 6) is 0. The summed E-state index contributed by atoms with van der Waals surface area (Å²) in [5.41, 5.74) is 2.84. The normalized spacial score (nSPS) is 19.4. The zero-order chi connectivity index (χ0) is 14.4. The van der Waals surface area contributed by atoms with Gasteiger partial charge in [-0.3, -0.25) is 0 Å². The number of hydrogen-bond acceptors (Lipinski definition) is 3. The SMILES string of the molecule is CC1(C)CCC(C)(C)c2sc(Nc3ccccc3)nc21. The van der Waals surface area contributed by atoms with E-state index < -0.39 is 0 Å². The molecule has 1 N–H and O–H groups in total. The van der Waals surface area contributed by atoms with Gasteiger partial charge in [-0.25, -0.2) is 4.98 Å². The molecule has 0 atom stereocenters. The van der Waals surface area contributed by atoms with E-state index in [2.05, 4.69) is 45.1 Å². The number of rotatable bonds is 2. The molecule has 1 aliphatic carbocycles. The molecule has 106 valence electrons. The topological polar surface area (TPSA) is 24.9 Å². The van der Waals surface area contributed by atoms with Gasteiger partial charge in [0.15, 0.2) is 5.13 Å². The lowest BCUT2D eigenvalue weighted by Crippen LogP contribution is -2.32. The minimum atomic E-state index is 0.192. The third-order valence-electron chi connectivity index (χ3n) is 4.28. The molecule has 20 heavy (non-hydrogen) atoms. The summed E-state index contributed by atoms with van der Waals surface area (Å²) in [6.07, 6.45) is 2.45. The second-order valence-electron chi connectivity index (χ2n) is 6.96. The maximum absolute atomic E-state index is 4.90. The average molecular weight is 286 g/mol. The molecule has 0 unspecified atom stereocenters. The Hall–Kier alpha value is -1.35. The monoisotopic (exact) mass is 286 g/mol. The number of hydrogen-bond donors (Lipinski definition) is 1. The molecular weight excluding hydrogens is 264 g/mol. The van der Waals surface area contributed by atoms with E-state index in [1.165, 1.54) is 23.4 Å². The van der Waals surface area contributed by atoms with Crippen molar-refractivity contribution >= 4 is 22.2 Å². The molecule has 0 saturated carbocycles. The van der Waals surface area contributed by atoms with Gasteiger partial charge in [-0.15, -0.1) is 11.3 Å². The van der Waals surface area contributed by atoms with Crippen LogP contribution in [0.25, 0.3) is 0 Å². The Balaban J connectivity index is 1.98. The predicted octanol–water partition coefficient (Wildman–Crippen LogP) is 5.24. The number of aromatic nitrogens is 1. The highest BCUT2D eigenvalue weighted by molar-refractivity contribution is 7.16. The van der Waals surface area contributed by atoms with Crippen LogP contribution in [0.4, 0.5) is 10.8 Å². The second-order valence-corrected chi connectivity index (χ2v) is 7.95. The van der Waals surface area contributed by atoms with Crippen molar-refractivity contribution in [3.8, 4) is 0 Å². The summed E-state index contributed by atoms with van der Waals surface area (Å²) in [6.45, 7) is 9.30. The van der Waals surface area contributed by atoms with Crippen molar-refractivity contribution in [3.05, 3.63) is 40.9 Å². The molecule has 3 rings (SSSR count). The zero-order valence-corrected chi connectivity index (χ0v) is 13.5. The lowest BCUT2D eigenvalue weighted by molar-refractivity contribution is 0.331. The second kappa shape index (κ2) is 4.59. The molecule has 2 nitrogen and oxygen atoms in total. The maximum atomic E-state index is 4.90. The van der Waals surface area contributed by atoms with Crippen LogP contribution in [0, 0.1) is 0 Å². The Labute approximate surface area is 125 Å². The smallest absolute Gasteiger partial charge is 0.187 e. The lowest BCUT2D eigenvalue weighted by atomic mass is 9.69. The molecule has 1 aromatic heterocycles. The molecule has 0 spiro atoms. The van der Waals surface area contributed by atoms with E-state index in [4.69, 9.17) is 4.98 Å². The summed E-state index contributed by atoms with van der Waals surface area (Å²) in [7, 11) is 0. The van der Waals surface area contributed by atoms with Gasteiger partial charge in [0, 0.05) is 21.4 Å². The van der Waals surface area contributed by atoms with E-state index >= 15 is 0 Å². The van der Waals surface area contributed by atoms with Crippen LogP contribution in [0.15, 0.2) is 30.3 Å². The summed E-state index contributed by atoms with van der Waals surface area (Å²) in [6, 6.07) is 10.3. The molecule has 1 heterocycles. The van der Waals surface area contributed by atoms with Crippen LogP contribution in [0.2, 0.25) is 0 Å². The van der Waals surface area contributed by atoms with Crippen molar-refractivity contribution in [2.24, 2.45) is 0 Å². The zero-order valence-electron chi connectivity index (χ0n) is 12.7. The highest BCUT2D eigenvalue weighted by Crippen LogP contribution is 2.49. The van der Waals surface area contributed by atoms with Gasteiger partial charge in [0.25, 0.3) is 0 Å². The predicted molar refractivity (Wildman–Crippen MR) is 87.1 cm³/mol. The first kappa shape index (κ1) is 13.6. The highest BCUT2D eigenvalue weighted by Gasteiger charge is 2.40. The quantitative estimate of drug-likeness (QED) is 0.817. The number of benzene rings is 1. The van der Waals surface area contributed by atoms with Gasteiger partial charge >= 0.3 is 0 Å². The molecule has 0 aliphatic heterocycles. The van der Waals surface area contributed by atoms with E-state index in [0.717, 1.165) is 10.8 Å². The van der Waals surface area contributed by atoms with Gasteiger partial charge in [-0.2, -0.15) is 0 Å². The van der Waals surface area contributed by atoms with Crippen LogP contribution in [-0.4, -0.2) is 4.98 Å². The summed E-state index contributed by atoms with van der Waals surface area (Å²) in [5, 5.41) is 4.46. The van der Waals surface area contributed by atoms with Gasteiger partial charge < -0.3 is 5.32 Å². The average Bonchev–Trinajstić information content (AvgIpc) is 2.83. The summed E-state index contributed by atoms with van der Waals surface area (Å²) < 4.78 is 0. The number of fused-ring (bicyclic) bond motifs is 1. The van der Waals surface area contributed by atoms with Gasteiger partial charge in [0.2, 0.25) is 0 Å². The molecular formula is C17H22N2S. The fourth-order valence-electron chi connectivity index (χ4n) is 2.79. The Morgan fingerprint density at radius 1 is 1.00 bits per heavy atom. The standard InChI is InChI=1S/C17H22N2S/c1-16(2)10-11-17(3,4)14-13(16)19-15(20-14)18-12-8-6-5-7-9-12/h5-9H,10-11H2,1-4H3,(H,18,19). The Morgan fingerprint density at radius 2 is 1.65 bits per heavy atom. The summed E-state index contributed by atoms with van der Waals surface area (Å²) in [4.78, 5) is 6.35. The van der Waals surface area contributed by atoms with Crippen LogP contribution >= 0.6 is 11.3 Å². The fourth-order valence-corrected chi connectivity index (χ4v) is 4.09. The first-order valence-electron chi connectivity index (χ1n) is 7.22. The van der Waals surface area contributed by atoms with Gasteiger partial charge in [-0.05, 0) is 25.0 Å². The number of nitrogens with zero attached hydrogens (tertiary/aromatic N) is 1. The van der Waals surface area contributed by atoms with E-state index in [0.29, 0.717) is 0 Å². The largest absolute Gasteiger partial charge is 0.332 e. The first-order chi connectivity index (χ1) is 9.38. The number of para-hydroxylation sites is 1. The molecule has 1 aliphatic rings. The van der Waals surface area contributed by atoms with Crippen molar-refractivity contribution in [2.75, 3.05) is 5.32 Å².